The van der Waals surface area contributed by atoms with Crippen molar-refractivity contribution in [3.8, 4) is 5.75 Å². The molecule has 0 aliphatic carbocycles. The number of hydrogen-bond donors (Lipinski definition) is 1. The highest BCUT2D eigenvalue weighted by molar-refractivity contribution is 9.10. The second-order valence-corrected chi connectivity index (χ2v) is 7.65. The summed E-state index contributed by atoms with van der Waals surface area (Å²) >= 11 is 8.90. The molecular formula is C19H22BrN3O2S. The van der Waals surface area contributed by atoms with E-state index in [1.165, 1.54) is 0 Å². The topological polar surface area (TPSA) is 55.7 Å². The van der Waals surface area contributed by atoms with Crippen LogP contribution in [0.25, 0.3) is 10.9 Å². The zero-order chi connectivity index (χ0) is 19.2. The van der Waals surface area contributed by atoms with E-state index in [1.807, 2.05) is 45.0 Å². The number of hydrogen-bond acceptors (Lipinski definition) is 5. The Morgan fingerprint density at radius 3 is 2.96 bits per heavy atom. The standard InChI is InChI=1S/C19H22BrN3O2S/c1-5-8-24-22-12-19(3,4)23-18(26)13(2)25-16-6-7-17-14(10-16)9-15(20)11-21-17/h5-7,9-13H,1,8H2,2-4H3,(H,23,26). The number of rotatable bonds is 8. The minimum Gasteiger partial charge on any atom is -0.484 e. The van der Waals surface area contributed by atoms with Crippen molar-refractivity contribution in [2.75, 3.05) is 6.61 Å². The molecule has 138 valence electrons. The Morgan fingerprint density at radius 1 is 1.46 bits per heavy atom. The van der Waals surface area contributed by atoms with Gasteiger partial charge in [-0.2, -0.15) is 0 Å². The molecule has 0 radical (unpaired) electrons. The minimum atomic E-state index is -0.464. The number of nitrogens with one attached hydrogen (secondary N) is 1. The van der Waals surface area contributed by atoms with Gasteiger partial charge in [0.25, 0.3) is 0 Å². The van der Waals surface area contributed by atoms with Crippen LogP contribution in [0.2, 0.25) is 0 Å². The van der Waals surface area contributed by atoms with E-state index in [0.29, 0.717) is 11.6 Å². The van der Waals surface area contributed by atoms with E-state index in [1.54, 1.807) is 18.5 Å². The lowest BCUT2D eigenvalue weighted by Crippen LogP contribution is -2.48. The van der Waals surface area contributed by atoms with Gasteiger partial charge in [0, 0.05) is 16.1 Å². The molecule has 0 spiro atoms. The number of oxime groups is 1. The SMILES string of the molecule is C=CCON=CC(C)(C)NC(=S)C(C)Oc1ccc2ncc(Br)cc2c1. The van der Waals surface area contributed by atoms with E-state index in [-0.39, 0.29) is 6.10 Å². The molecule has 1 N–H and O–H groups in total. The van der Waals surface area contributed by atoms with Gasteiger partial charge in [-0.05, 0) is 61.0 Å². The highest BCUT2D eigenvalue weighted by atomic mass is 79.9. The van der Waals surface area contributed by atoms with E-state index in [0.717, 1.165) is 21.1 Å². The van der Waals surface area contributed by atoms with Crippen LogP contribution in [-0.4, -0.2) is 34.4 Å². The van der Waals surface area contributed by atoms with Gasteiger partial charge in [-0.1, -0.05) is 30.0 Å². The van der Waals surface area contributed by atoms with Crippen molar-refractivity contribution in [1.82, 2.24) is 10.3 Å². The quantitative estimate of drug-likeness (QED) is 0.215. The van der Waals surface area contributed by atoms with Crippen LogP contribution in [0.15, 0.2) is 52.7 Å². The van der Waals surface area contributed by atoms with Gasteiger partial charge >= 0.3 is 0 Å². The fourth-order valence-corrected chi connectivity index (χ4v) is 2.79. The van der Waals surface area contributed by atoms with Gasteiger partial charge in [-0.15, -0.1) is 0 Å². The Morgan fingerprint density at radius 2 is 2.23 bits per heavy atom. The molecule has 0 saturated heterocycles. The predicted octanol–water partition coefficient (Wildman–Crippen LogP) is 4.65. The molecular weight excluding hydrogens is 414 g/mol. The molecule has 0 bridgehead atoms. The zero-order valence-corrected chi connectivity index (χ0v) is 17.4. The fraction of sp³-hybridized carbons (Fsp3) is 0.316. The van der Waals surface area contributed by atoms with Gasteiger partial charge in [0.1, 0.15) is 23.4 Å². The Kier molecular flexibility index (Phi) is 7.11. The Bertz CT molecular complexity index is 824. The number of benzene rings is 1. The smallest absolute Gasteiger partial charge is 0.146 e. The summed E-state index contributed by atoms with van der Waals surface area (Å²) in [5, 5.41) is 8.13. The molecule has 0 amide bonds. The van der Waals surface area contributed by atoms with E-state index >= 15 is 0 Å². The molecule has 26 heavy (non-hydrogen) atoms. The summed E-state index contributed by atoms with van der Waals surface area (Å²) in [6.07, 6.45) is 4.77. The largest absolute Gasteiger partial charge is 0.484 e. The molecule has 7 heteroatoms. The maximum absolute atomic E-state index is 5.98. The van der Waals surface area contributed by atoms with Crippen LogP contribution in [0.5, 0.6) is 5.75 Å². The lowest BCUT2D eigenvalue weighted by Gasteiger charge is -2.26. The maximum Gasteiger partial charge on any atom is 0.146 e. The summed E-state index contributed by atoms with van der Waals surface area (Å²) in [4.78, 5) is 9.97. The van der Waals surface area contributed by atoms with Crippen molar-refractivity contribution in [1.29, 1.82) is 0 Å². The first kappa shape index (κ1) is 20.3. The van der Waals surface area contributed by atoms with Crippen molar-refractivity contribution in [2.45, 2.75) is 32.4 Å². The summed E-state index contributed by atoms with van der Waals surface area (Å²) in [5.41, 5.74) is 0.444. The summed E-state index contributed by atoms with van der Waals surface area (Å²) < 4.78 is 6.90. The van der Waals surface area contributed by atoms with Crippen molar-refractivity contribution in [2.24, 2.45) is 5.16 Å². The normalized spacial score (nSPS) is 12.8. The number of nitrogens with zero attached hydrogens (tertiary/aromatic N) is 2. The van der Waals surface area contributed by atoms with Crippen molar-refractivity contribution in [3.05, 3.63) is 47.6 Å². The number of ether oxygens (including phenoxy) is 1. The van der Waals surface area contributed by atoms with Gasteiger partial charge in [-0.3, -0.25) is 4.98 Å². The predicted molar refractivity (Wildman–Crippen MR) is 114 cm³/mol. The van der Waals surface area contributed by atoms with Crippen LogP contribution in [-0.2, 0) is 4.84 Å². The highest BCUT2D eigenvalue weighted by Crippen LogP contribution is 2.23. The molecule has 1 heterocycles. The van der Waals surface area contributed by atoms with Crippen molar-refractivity contribution in [3.63, 3.8) is 0 Å². The van der Waals surface area contributed by atoms with Crippen LogP contribution >= 0.6 is 28.1 Å². The van der Waals surface area contributed by atoms with E-state index in [4.69, 9.17) is 21.8 Å². The molecule has 1 atom stereocenters. The van der Waals surface area contributed by atoms with Gasteiger partial charge in [-0.25, -0.2) is 0 Å². The lowest BCUT2D eigenvalue weighted by molar-refractivity contribution is 0.174. The van der Waals surface area contributed by atoms with Crippen LogP contribution in [0.1, 0.15) is 20.8 Å². The summed E-state index contributed by atoms with van der Waals surface area (Å²) in [6, 6.07) is 7.76. The number of aromatic nitrogens is 1. The second-order valence-electron chi connectivity index (χ2n) is 6.30. The second kappa shape index (κ2) is 9.09. The van der Waals surface area contributed by atoms with Crippen molar-refractivity contribution < 1.29 is 9.57 Å². The molecule has 0 aliphatic rings. The molecule has 1 aromatic carbocycles. The van der Waals surface area contributed by atoms with Gasteiger partial charge in [0.2, 0.25) is 0 Å². The molecule has 0 saturated carbocycles. The lowest BCUT2D eigenvalue weighted by atomic mass is 10.1. The summed E-state index contributed by atoms with van der Waals surface area (Å²) in [5.74, 6) is 0.731. The van der Waals surface area contributed by atoms with E-state index in [9.17, 15) is 0 Å². The molecule has 1 aromatic heterocycles. The molecule has 0 aliphatic heterocycles. The van der Waals surface area contributed by atoms with Crippen LogP contribution in [0, 0.1) is 0 Å². The number of fused-ring (bicyclic) bond motifs is 1. The summed E-state index contributed by atoms with van der Waals surface area (Å²) in [7, 11) is 0. The zero-order valence-electron chi connectivity index (χ0n) is 15.0. The Hall–Kier alpha value is -1.99. The van der Waals surface area contributed by atoms with Crippen molar-refractivity contribution >= 4 is 50.3 Å². The average molecular weight is 436 g/mol. The van der Waals surface area contributed by atoms with Gasteiger partial charge in [0.05, 0.1) is 17.3 Å². The maximum atomic E-state index is 5.98. The van der Waals surface area contributed by atoms with Crippen LogP contribution in [0.4, 0.5) is 0 Å². The van der Waals surface area contributed by atoms with E-state index < -0.39 is 5.54 Å². The first-order valence-electron chi connectivity index (χ1n) is 8.12. The third-order valence-corrected chi connectivity index (χ3v) is 4.26. The molecule has 2 aromatic rings. The van der Waals surface area contributed by atoms with Gasteiger partial charge < -0.3 is 14.9 Å². The minimum absolute atomic E-state index is 0.302. The van der Waals surface area contributed by atoms with Crippen LogP contribution < -0.4 is 10.1 Å². The summed E-state index contributed by atoms with van der Waals surface area (Å²) in [6.45, 7) is 9.74. The molecule has 0 fully saturated rings. The first-order valence-corrected chi connectivity index (χ1v) is 9.32. The van der Waals surface area contributed by atoms with E-state index in [2.05, 4.69) is 38.0 Å². The number of thiocarbonyl (C=S) groups is 1. The molecule has 1 unspecified atom stereocenters. The Labute approximate surface area is 167 Å². The molecule has 5 nitrogen and oxygen atoms in total. The number of pyridine rings is 1. The fourth-order valence-electron chi connectivity index (χ4n) is 2.13. The monoisotopic (exact) mass is 435 g/mol. The number of halogens is 1. The highest BCUT2D eigenvalue weighted by Gasteiger charge is 2.20. The van der Waals surface area contributed by atoms with Gasteiger partial charge in [0.15, 0.2) is 0 Å². The third kappa shape index (κ3) is 6.07. The van der Waals surface area contributed by atoms with Crippen LogP contribution in [0.3, 0.4) is 0 Å². The Balaban J connectivity index is 2.00. The first-order chi connectivity index (χ1) is 12.3. The third-order valence-electron chi connectivity index (χ3n) is 3.39. The molecule has 2 rings (SSSR count). The average Bonchev–Trinajstić information content (AvgIpc) is 2.58.